The van der Waals surface area contributed by atoms with E-state index in [9.17, 15) is 0 Å². The van der Waals surface area contributed by atoms with Crippen LogP contribution in [0.5, 0.6) is 0 Å². The van der Waals surface area contributed by atoms with Crippen LogP contribution in [0.2, 0.25) is 0 Å². The Balaban J connectivity index is 2.48. The first-order valence-electron chi connectivity index (χ1n) is 6.00. The summed E-state index contributed by atoms with van der Waals surface area (Å²) in [6, 6.07) is 0.549. The third kappa shape index (κ3) is 3.40. The van der Waals surface area contributed by atoms with E-state index >= 15 is 0 Å². The van der Waals surface area contributed by atoms with Gasteiger partial charge >= 0.3 is 0 Å². The smallest absolute Gasteiger partial charge is 0.0989 e. The molecule has 1 aliphatic rings. The molecule has 1 fully saturated rings. The molecule has 0 heterocycles. The molecule has 1 aliphatic carbocycles. The molecule has 15 heavy (non-hydrogen) atoms. The summed E-state index contributed by atoms with van der Waals surface area (Å²) in [5.41, 5.74) is 0. The van der Waals surface area contributed by atoms with E-state index in [0.717, 1.165) is 18.0 Å². The molecule has 0 aliphatic heterocycles. The van der Waals surface area contributed by atoms with Gasteiger partial charge in [-0.15, -0.1) is 0 Å². The first-order valence-corrected chi connectivity index (χ1v) is 7.40. The van der Waals surface area contributed by atoms with E-state index in [2.05, 4.69) is 25.1 Å². The number of thioether (sulfide) groups is 1. The van der Waals surface area contributed by atoms with Crippen molar-refractivity contribution in [2.75, 3.05) is 19.1 Å². The van der Waals surface area contributed by atoms with Gasteiger partial charge in [0, 0.05) is 24.8 Å². The number of nitrogens with one attached hydrogen (secondary N) is 1. The summed E-state index contributed by atoms with van der Waals surface area (Å²) in [7, 11) is 2.10. The highest BCUT2D eigenvalue weighted by Gasteiger charge is 2.25. The normalized spacial score (nSPS) is 19.1. The van der Waals surface area contributed by atoms with Crippen molar-refractivity contribution in [2.45, 2.75) is 45.1 Å². The van der Waals surface area contributed by atoms with Crippen LogP contribution in [0, 0.1) is 11.3 Å². The van der Waals surface area contributed by atoms with Gasteiger partial charge in [0.15, 0.2) is 0 Å². The summed E-state index contributed by atoms with van der Waals surface area (Å²) in [6.07, 6.45) is 8.40. The molecule has 3 heteroatoms. The molecule has 0 aromatic heterocycles. The summed E-state index contributed by atoms with van der Waals surface area (Å²) in [5.74, 6) is 2.57. The molecule has 88 valence electrons. The molecule has 1 N–H and O–H groups in total. The number of hydrogen-bond acceptors (Lipinski definition) is 2. The second-order valence-corrected chi connectivity index (χ2v) is 5.41. The summed E-state index contributed by atoms with van der Waals surface area (Å²) in [4.78, 5) is 2.21. The molecular formula is C12H24N2S. The van der Waals surface area contributed by atoms with Gasteiger partial charge in [-0.25, -0.2) is 0 Å². The van der Waals surface area contributed by atoms with Gasteiger partial charge in [0.2, 0.25) is 0 Å². The third-order valence-corrected chi connectivity index (χ3v) is 4.22. The molecule has 1 rings (SSSR count). The van der Waals surface area contributed by atoms with Crippen LogP contribution in [-0.2, 0) is 0 Å². The summed E-state index contributed by atoms with van der Waals surface area (Å²) >= 11 is 1.88. The van der Waals surface area contributed by atoms with Gasteiger partial charge in [0.1, 0.15) is 0 Å². The van der Waals surface area contributed by atoms with E-state index in [0.29, 0.717) is 12.0 Å². The first kappa shape index (κ1) is 12.9. The van der Waals surface area contributed by atoms with E-state index in [-0.39, 0.29) is 0 Å². The minimum atomic E-state index is 0.547. The molecule has 0 radical (unpaired) electrons. The summed E-state index contributed by atoms with van der Waals surface area (Å²) in [5, 5.41) is 8.22. The zero-order valence-electron chi connectivity index (χ0n) is 10.3. The monoisotopic (exact) mass is 228 g/mol. The predicted octanol–water partition coefficient (Wildman–Crippen LogP) is 3.23. The maximum atomic E-state index is 8.22. The van der Waals surface area contributed by atoms with Crippen molar-refractivity contribution < 1.29 is 0 Å². The average Bonchev–Trinajstić information content (AvgIpc) is 2.77. The highest BCUT2D eigenvalue weighted by molar-refractivity contribution is 7.98. The lowest BCUT2D eigenvalue weighted by molar-refractivity contribution is 0.362. The topological polar surface area (TPSA) is 27.1 Å². The zero-order chi connectivity index (χ0) is 11.3. The Bertz CT molecular complexity index is 200. The van der Waals surface area contributed by atoms with E-state index in [1.165, 1.54) is 25.7 Å². The Morgan fingerprint density at radius 3 is 2.53 bits per heavy atom. The largest absolute Gasteiger partial charge is 0.360 e. The highest BCUT2D eigenvalue weighted by atomic mass is 32.2. The molecular weight excluding hydrogens is 204 g/mol. The van der Waals surface area contributed by atoms with Gasteiger partial charge in [-0.2, -0.15) is 11.8 Å². The fraction of sp³-hybridized carbons (Fsp3) is 0.917. The van der Waals surface area contributed by atoms with Crippen LogP contribution in [0.25, 0.3) is 0 Å². The van der Waals surface area contributed by atoms with Crippen LogP contribution in [0.3, 0.4) is 0 Å². The van der Waals surface area contributed by atoms with E-state index in [4.69, 9.17) is 5.41 Å². The molecule has 0 saturated heterocycles. The van der Waals surface area contributed by atoms with Crippen molar-refractivity contribution in [1.29, 1.82) is 5.41 Å². The first-order chi connectivity index (χ1) is 7.20. The predicted molar refractivity (Wildman–Crippen MR) is 69.9 cm³/mol. The van der Waals surface area contributed by atoms with Gasteiger partial charge in [-0.05, 0) is 25.5 Å². The Hall–Kier alpha value is -0.180. The third-order valence-electron chi connectivity index (χ3n) is 3.50. The standard InChI is InChI=1S/C12H24N2S/c1-4-11(9-15-3)14(2)12(13)10-7-5-6-8-10/h10-11,13H,4-9H2,1-3H3. The lowest BCUT2D eigenvalue weighted by Gasteiger charge is -2.31. The van der Waals surface area contributed by atoms with Crippen molar-refractivity contribution >= 4 is 17.6 Å². The van der Waals surface area contributed by atoms with Crippen molar-refractivity contribution in [2.24, 2.45) is 5.92 Å². The lowest BCUT2D eigenvalue weighted by Crippen LogP contribution is -2.40. The molecule has 1 unspecified atom stereocenters. The maximum absolute atomic E-state index is 8.22. The number of amidine groups is 1. The summed E-state index contributed by atoms with van der Waals surface area (Å²) in [6.45, 7) is 2.22. The quantitative estimate of drug-likeness (QED) is 0.578. The molecule has 1 atom stereocenters. The van der Waals surface area contributed by atoms with Gasteiger partial charge < -0.3 is 4.90 Å². The molecule has 2 nitrogen and oxygen atoms in total. The van der Waals surface area contributed by atoms with Crippen molar-refractivity contribution in [3.05, 3.63) is 0 Å². The van der Waals surface area contributed by atoms with E-state index in [1.54, 1.807) is 0 Å². The van der Waals surface area contributed by atoms with E-state index in [1.807, 2.05) is 11.8 Å². The average molecular weight is 228 g/mol. The fourth-order valence-corrected chi connectivity index (χ4v) is 3.22. The minimum absolute atomic E-state index is 0.547. The van der Waals surface area contributed by atoms with Crippen LogP contribution < -0.4 is 0 Å². The van der Waals surface area contributed by atoms with Gasteiger partial charge in [0.25, 0.3) is 0 Å². The zero-order valence-corrected chi connectivity index (χ0v) is 11.1. The molecule has 0 aromatic carbocycles. The minimum Gasteiger partial charge on any atom is -0.360 e. The van der Waals surface area contributed by atoms with Crippen molar-refractivity contribution in [3.8, 4) is 0 Å². The molecule has 0 amide bonds. The van der Waals surface area contributed by atoms with Crippen LogP contribution >= 0.6 is 11.8 Å². The maximum Gasteiger partial charge on any atom is 0.0989 e. The Labute approximate surface area is 98.3 Å². The number of nitrogens with zero attached hydrogens (tertiary/aromatic N) is 1. The lowest BCUT2D eigenvalue weighted by atomic mass is 10.0. The second-order valence-electron chi connectivity index (χ2n) is 4.49. The molecule has 0 aromatic rings. The van der Waals surface area contributed by atoms with Gasteiger partial charge in [-0.1, -0.05) is 19.8 Å². The summed E-state index contributed by atoms with van der Waals surface area (Å²) < 4.78 is 0. The Morgan fingerprint density at radius 2 is 2.07 bits per heavy atom. The second kappa shape index (κ2) is 6.41. The Morgan fingerprint density at radius 1 is 1.47 bits per heavy atom. The molecule has 1 saturated carbocycles. The number of rotatable bonds is 5. The molecule has 0 bridgehead atoms. The fourth-order valence-electron chi connectivity index (χ4n) is 2.38. The number of hydrogen-bond donors (Lipinski definition) is 1. The SMILES string of the molecule is CCC(CSC)N(C)C(=N)C1CCCC1. The highest BCUT2D eigenvalue weighted by Crippen LogP contribution is 2.27. The van der Waals surface area contributed by atoms with Gasteiger partial charge in [-0.3, -0.25) is 5.41 Å². The molecule has 0 spiro atoms. The van der Waals surface area contributed by atoms with Crippen LogP contribution in [0.1, 0.15) is 39.0 Å². The van der Waals surface area contributed by atoms with Crippen molar-refractivity contribution in [1.82, 2.24) is 4.90 Å². The van der Waals surface area contributed by atoms with Crippen LogP contribution in [0.4, 0.5) is 0 Å². The van der Waals surface area contributed by atoms with Crippen molar-refractivity contribution in [3.63, 3.8) is 0 Å². The van der Waals surface area contributed by atoms with E-state index < -0.39 is 0 Å². The van der Waals surface area contributed by atoms with Crippen LogP contribution in [-0.4, -0.2) is 35.8 Å². The van der Waals surface area contributed by atoms with Crippen LogP contribution in [0.15, 0.2) is 0 Å². The van der Waals surface area contributed by atoms with Gasteiger partial charge in [0.05, 0.1) is 5.84 Å². The Kier molecular flexibility index (Phi) is 5.51.